The Kier molecular flexibility index (Phi) is 6.83. The molecule has 0 bridgehead atoms. The van der Waals surface area contributed by atoms with E-state index in [1.807, 2.05) is 24.3 Å². The number of fused-ring (bicyclic) bond motifs is 1. The van der Waals surface area contributed by atoms with Gasteiger partial charge in [-0.05, 0) is 42.0 Å². The quantitative estimate of drug-likeness (QED) is 0.354. The summed E-state index contributed by atoms with van der Waals surface area (Å²) in [6.45, 7) is -3.48. The number of nitrogens with two attached hydrogens (primary N) is 1. The third-order valence-corrected chi connectivity index (χ3v) is 5.24. The Bertz CT molecular complexity index is 1370. The molecule has 2 heterocycles. The van der Waals surface area contributed by atoms with Crippen LogP contribution in [0.5, 0.6) is 5.75 Å². The lowest BCUT2D eigenvalue weighted by molar-refractivity contribution is -0.0517. The number of hydrogen-bond acceptors (Lipinski definition) is 5. The Morgan fingerprint density at radius 3 is 2.74 bits per heavy atom. The van der Waals surface area contributed by atoms with Crippen molar-refractivity contribution in [2.45, 2.75) is 19.6 Å². The number of nitrogens with one attached hydrogen (secondary N) is 1. The highest BCUT2D eigenvalue weighted by Crippen LogP contribution is 2.29. The number of carbonyl (C=O) groups excluding carboxylic acids is 1. The fraction of sp³-hybridized carbons (Fsp3) is 0.125. The van der Waals surface area contributed by atoms with Gasteiger partial charge in [-0.15, -0.1) is 0 Å². The maximum Gasteiger partial charge on any atom is 0.387 e. The predicted molar refractivity (Wildman–Crippen MR) is 122 cm³/mol. The molecule has 6 nitrogen and oxygen atoms in total. The SMILES string of the molecule is Nc1ccc(CNC(=O)c2ccnc(Cc3ccc4ncc(Cl)cc4c3)c2)c(F)c1OC(F)F. The zero-order valence-electron chi connectivity index (χ0n) is 17.6. The van der Waals surface area contributed by atoms with Crippen LogP contribution in [0.2, 0.25) is 5.02 Å². The zero-order chi connectivity index (χ0) is 24.2. The van der Waals surface area contributed by atoms with Crippen LogP contribution in [0, 0.1) is 5.82 Å². The van der Waals surface area contributed by atoms with Gasteiger partial charge in [-0.2, -0.15) is 8.78 Å². The monoisotopic (exact) mass is 486 g/mol. The van der Waals surface area contributed by atoms with E-state index in [-0.39, 0.29) is 17.8 Å². The molecule has 1 amide bonds. The number of amides is 1. The van der Waals surface area contributed by atoms with E-state index >= 15 is 0 Å². The molecule has 0 aliphatic carbocycles. The highest BCUT2D eigenvalue weighted by molar-refractivity contribution is 6.31. The summed E-state index contributed by atoms with van der Waals surface area (Å²) < 4.78 is 43.6. The van der Waals surface area contributed by atoms with Crippen molar-refractivity contribution in [3.63, 3.8) is 0 Å². The van der Waals surface area contributed by atoms with Crippen molar-refractivity contribution in [1.29, 1.82) is 0 Å². The number of nitrogen functional groups attached to an aromatic ring is 1. The summed E-state index contributed by atoms with van der Waals surface area (Å²) >= 11 is 6.02. The fourth-order valence-electron chi connectivity index (χ4n) is 3.42. The number of anilines is 1. The zero-order valence-corrected chi connectivity index (χ0v) is 18.3. The van der Waals surface area contributed by atoms with E-state index in [1.54, 1.807) is 12.3 Å². The van der Waals surface area contributed by atoms with Gasteiger partial charge in [0.25, 0.3) is 5.91 Å². The van der Waals surface area contributed by atoms with Gasteiger partial charge in [0.15, 0.2) is 11.6 Å². The van der Waals surface area contributed by atoms with Crippen molar-refractivity contribution in [3.05, 3.63) is 94.1 Å². The maximum absolute atomic E-state index is 14.5. The largest absolute Gasteiger partial charge is 0.429 e. The molecule has 10 heteroatoms. The normalized spacial score (nSPS) is 11.1. The van der Waals surface area contributed by atoms with E-state index in [1.165, 1.54) is 24.4 Å². The summed E-state index contributed by atoms with van der Waals surface area (Å²) in [5.74, 6) is -2.28. The van der Waals surface area contributed by atoms with Crippen LogP contribution in [0.4, 0.5) is 18.9 Å². The van der Waals surface area contributed by atoms with Gasteiger partial charge in [-0.1, -0.05) is 23.7 Å². The Balaban J connectivity index is 1.46. The van der Waals surface area contributed by atoms with Crippen LogP contribution in [0.15, 0.2) is 60.9 Å². The second-order valence-electron chi connectivity index (χ2n) is 7.41. The molecule has 0 saturated carbocycles. The number of halogens is 4. The summed E-state index contributed by atoms with van der Waals surface area (Å²) in [6, 6.07) is 13.2. The molecular formula is C24H18ClF3N4O2. The number of aromatic nitrogens is 2. The van der Waals surface area contributed by atoms with Gasteiger partial charge in [0.2, 0.25) is 0 Å². The van der Waals surface area contributed by atoms with Crippen LogP contribution in [0.25, 0.3) is 10.9 Å². The molecule has 0 spiro atoms. The van der Waals surface area contributed by atoms with E-state index in [0.717, 1.165) is 16.5 Å². The molecule has 2 aromatic carbocycles. The number of benzene rings is 2. The van der Waals surface area contributed by atoms with Crippen LogP contribution in [0.1, 0.15) is 27.2 Å². The maximum atomic E-state index is 14.5. The smallest absolute Gasteiger partial charge is 0.387 e. The van der Waals surface area contributed by atoms with E-state index in [0.29, 0.717) is 22.7 Å². The minimum absolute atomic E-state index is 0.0455. The predicted octanol–water partition coefficient (Wildman–Crippen LogP) is 5.13. The lowest BCUT2D eigenvalue weighted by atomic mass is 10.0. The van der Waals surface area contributed by atoms with Crippen molar-refractivity contribution in [3.8, 4) is 5.75 Å². The van der Waals surface area contributed by atoms with Crippen LogP contribution in [-0.2, 0) is 13.0 Å². The molecule has 0 aliphatic rings. The van der Waals surface area contributed by atoms with Crippen molar-refractivity contribution >= 4 is 34.1 Å². The van der Waals surface area contributed by atoms with Gasteiger partial charge in [-0.3, -0.25) is 14.8 Å². The minimum atomic E-state index is -3.23. The van der Waals surface area contributed by atoms with Crippen molar-refractivity contribution in [1.82, 2.24) is 15.3 Å². The van der Waals surface area contributed by atoms with E-state index in [2.05, 4.69) is 20.0 Å². The van der Waals surface area contributed by atoms with Crippen molar-refractivity contribution in [2.24, 2.45) is 0 Å². The summed E-state index contributed by atoms with van der Waals surface area (Å²) in [5.41, 5.74) is 7.92. The molecule has 0 unspecified atom stereocenters. The first kappa shape index (κ1) is 23.3. The summed E-state index contributed by atoms with van der Waals surface area (Å²) in [4.78, 5) is 21.2. The molecule has 0 aliphatic heterocycles. The molecule has 0 saturated heterocycles. The molecule has 3 N–H and O–H groups in total. The highest BCUT2D eigenvalue weighted by atomic mass is 35.5. The number of pyridine rings is 2. The molecule has 174 valence electrons. The number of nitrogens with zero attached hydrogens (tertiary/aromatic N) is 2. The van der Waals surface area contributed by atoms with Crippen LogP contribution < -0.4 is 15.8 Å². The van der Waals surface area contributed by atoms with Gasteiger partial charge in [0, 0.05) is 47.6 Å². The van der Waals surface area contributed by atoms with E-state index in [4.69, 9.17) is 17.3 Å². The highest BCUT2D eigenvalue weighted by Gasteiger charge is 2.18. The Hall–Kier alpha value is -3.85. The average molecular weight is 487 g/mol. The number of hydrogen-bond donors (Lipinski definition) is 2. The molecule has 2 aromatic heterocycles. The lowest BCUT2D eigenvalue weighted by Crippen LogP contribution is -2.24. The molecule has 4 rings (SSSR count). The average Bonchev–Trinajstić information content (AvgIpc) is 2.81. The molecular weight excluding hydrogens is 469 g/mol. The molecule has 0 fully saturated rings. The van der Waals surface area contributed by atoms with Gasteiger partial charge in [0.1, 0.15) is 0 Å². The first-order chi connectivity index (χ1) is 16.3. The third kappa shape index (κ3) is 5.37. The lowest BCUT2D eigenvalue weighted by Gasteiger charge is -2.13. The van der Waals surface area contributed by atoms with Crippen molar-refractivity contribution < 1.29 is 22.7 Å². The molecule has 4 aromatic rings. The van der Waals surface area contributed by atoms with Gasteiger partial charge < -0.3 is 15.8 Å². The minimum Gasteiger partial charge on any atom is -0.429 e. The number of carbonyl (C=O) groups is 1. The Morgan fingerprint density at radius 2 is 1.94 bits per heavy atom. The third-order valence-electron chi connectivity index (χ3n) is 5.03. The topological polar surface area (TPSA) is 90.1 Å². The van der Waals surface area contributed by atoms with Crippen LogP contribution >= 0.6 is 11.6 Å². The first-order valence-electron chi connectivity index (χ1n) is 10.1. The van der Waals surface area contributed by atoms with Crippen molar-refractivity contribution in [2.75, 3.05) is 5.73 Å². The van der Waals surface area contributed by atoms with Gasteiger partial charge >= 0.3 is 6.61 Å². The van der Waals surface area contributed by atoms with E-state index < -0.39 is 24.1 Å². The second-order valence-corrected chi connectivity index (χ2v) is 7.85. The molecule has 34 heavy (non-hydrogen) atoms. The van der Waals surface area contributed by atoms with Crippen LogP contribution in [0.3, 0.4) is 0 Å². The summed E-state index contributed by atoms with van der Waals surface area (Å²) in [5, 5.41) is 3.99. The summed E-state index contributed by atoms with van der Waals surface area (Å²) in [7, 11) is 0. The van der Waals surface area contributed by atoms with Gasteiger partial charge in [-0.25, -0.2) is 4.39 Å². The first-order valence-corrected chi connectivity index (χ1v) is 10.5. The van der Waals surface area contributed by atoms with E-state index in [9.17, 15) is 18.0 Å². The Morgan fingerprint density at radius 1 is 1.12 bits per heavy atom. The number of ether oxygens (including phenoxy) is 1. The summed E-state index contributed by atoms with van der Waals surface area (Å²) in [6.07, 6.45) is 3.54. The van der Waals surface area contributed by atoms with Gasteiger partial charge in [0.05, 0.1) is 16.2 Å². The fourth-order valence-corrected chi connectivity index (χ4v) is 3.59. The standard InChI is InChI=1S/C24H18ClF3N4O2/c25-17-9-16-7-13(1-4-20(16)31-12-17)8-18-10-14(5-6-30-18)23(33)32-11-15-2-3-19(29)22(21(15)26)34-24(27)28/h1-7,9-10,12,24H,8,11,29H2,(H,32,33). The van der Waals surface area contributed by atoms with Crippen LogP contribution in [-0.4, -0.2) is 22.5 Å². The molecule has 0 atom stereocenters. The number of rotatable bonds is 7. The Labute approximate surface area is 197 Å². The number of alkyl halides is 2. The second kappa shape index (κ2) is 9.96. The molecule has 0 radical (unpaired) electrons.